The molecule has 1 aromatic rings. The molecule has 9 heteroatoms. The number of ether oxygens (including phenoxy) is 3. The van der Waals surface area contributed by atoms with E-state index < -0.39 is 29.6 Å². The number of amides is 1. The smallest absolute Gasteiger partial charge is 0.349 e. The number of likely N-dealkylation sites (tertiary alicyclic amines) is 1. The molecule has 0 radical (unpaired) electrons. The molecule has 6 nitrogen and oxygen atoms in total. The largest absolute Gasteiger partial charge is 0.486 e. The first kappa shape index (κ1) is 28.4. The molecule has 2 unspecified atom stereocenters. The third-order valence-electron chi connectivity index (χ3n) is 6.41. The van der Waals surface area contributed by atoms with Crippen LogP contribution in [-0.4, -0.2) is 79.7 Å². The molecule has 1 aromatic carbocycles. The summed E-state index contributed by atoms with van der Waals surface area (Å²) in [5.74, 6) is -3.55. The van der Waals surface area contributed by atoms with Gasteiger partial charge in [-0.05, 0) is 44.5 Å². The fourth-order valence-corrected chi connectivity index (χ4v) is 5.31. The molecule has 2 aliphatic rings. The fraction of sp³-hybridized carbons (Fsp3) is 0.519. The van der Waals surface area contributed by atoms with Crippen molar-refractivity contribution in [3.8, 4) is 5.75 Å². The van der Waals surface area contributed by atoms with Crippen molar-refractivity contribution < 1.29 is 27.8 Å². The Kier molecular flexibility index (Phi) is 10.5. The average Bonchev–Trinajstić information content (AvgIpc) is 3.29. The van der Waals surface area contributed by atoms with Crippen molar-refractivity contribution in [3.05, 3.63) is 66.3 Å². The Morgan fingerprint density at radius 1 is 1.31 bits per heavy atom. The lowest BCUT2D eigenvalue weighted by molar-refractivity contribution is -0.151. The predicted molar refractivity (Wildman–Crippen MR) is 139 cm³/mol. The minimum Gasteiger partial charge on any atom is -0.486 e. The van der Waals surface area contributed by atoms with Gasteiger partial charge in [0, 0.05) is 37.7 Å². The zero-order chi connectivity index (χ0) is 26.1. The molecule has 2 saturated heterocycles. The lowest BCUT2D eigenvalue weighted by Crippen LogP contribution is -2.44. The van der Waals surface area contributed by atoms with Crippen LogP contribution in [0.2, 0.25) is 0 Å². The van der Waals surface area contributed by atoms with Crippen LogP contribution in [0.4, 0.5) is 8.78 Å². The number of hydrogen-bond donors (Lipinski definition) is 0. The highest BCUT2D eigenvalue weighted by atomic mass is 32.2. The number of methoxy groups -OCH3 is 1. The molecular formula is C27H36F2N2O4S. The number of halogens is 2. The Morgan fingerprint density at radius 3 is 2.69 bits per heavy atom. The second kappa shape index (κ2) is 13.4. The van der Waals surface area contributed by atoms with E-state index in [1.165, 1.54) is 25.3 Å². The number of carbonyl (C=O) groups is 1. The monoisotopic (exact) mass is 522 g/mol. The number of rotatable bonds is 11. The van der Waals surface area contributed by atoms with Gasteiger partial charge in [0.2, 0.25) is 0 Å². The van der Waals surface area contributed by atoms with Crippen molar-refractivity contribution in [1.82, 2.24) is 9.21 Å². The second-order valence-electron chi connectivity index (χ2n) is 8.88. The molecule has 0 saturated carbocycles. The molecule has 2 heterocycles. The zero-order valence-electron chi connectivity index (χ0n) is 21.2. The van der Waals surface area contributed by atoms with Crippen molar-refractivity contribution in [1.29, 1.82) is 0 Å². The maximum absolute atomic E-state index is 15.0. The number of alkyl halides is 2. The summed E-state index contributed by atoms with van der Waals surface area (Å²) in [5.41, 5.74) is 0.688. The number of benzene rings is 1. The molecule has 36 heavy (non-hydrogen) atoms. The normalized spacial score (nSPS) is 21.9. The van der Waals surface area contributed by atoms with Crippen LogP contribution in [-0.2, 0) is 20.0 Å². The van der Waals surface area contributed by atoms with Gasteiger partial charge in [0.15, 0.2) is 0 Å². The topological polar surface area (TPSA) is 51.2 Å². The third-order valence-corrected chi connectivity index (χ3v) is 7.57. The second-order valence-corrected chi connectivity index (χ2v) is 10.0. The van der Waals surface area contributed by atoms with E-state index in [4.69, 9.17) is 14.2 Å². The molecule has 0 spiro atoms. The van der Waals surface area contributed by atoms with Crippen LogP contribution in [0, 0.1) is 0 Å². The molecule has 3 rings (SSSR count). The molecule has 0 N–H and O–H groups in total. The molecule has 2 atom stereocenters. The summed E-state index contributed by atoms with van der Waals surface area (Å²) in [6, 6.07) is 8.23. The Morgan fingerprint density at radius 2 is 2.03 bits per heavy atom. The van der Waals surface area contributed by atoms with Crippen molar-refractivity contribution in [2.24, 2.45) is 0 Å². The summed E-state index contributed by atoms with van der Waals surface area (Å²) >= 11 is 1.75. The summed E-state index contributed by atoms with van der Waals surface area (Å²) in [5, 5.41) is 0. The number of allylic oxidation sites excluding steroid dienone is 4. The van der Waals surface area contributed by atoms with E-state index in [-0.39, 0.29) is 13.1 Å². The molecule has 0 aliphatic carbocycles. The van der Waals surface area contributed by atoms with E-state index in [1.807, 2.05) is 24.3 Å². The van der Waals surface area contributed by atoms with Crippen LogP contribution in [0.1, 0.15) is 25.3 Å². The first-order chi connectivity index (χ1) is 17.3. The number of hydrogen-bond acceptors (Lipinski definition) is 6. The van der Waals surface area contributed by atoms with E-state index in [0.717, 1.165) is 48.3 Å². The molecule has 198 valence electrons. The van der Waals surface area contributed by atoms with Gasteiger partial charge in [-0.15, -0.1) is 0 Å². The average molecular weight is 523 g/mol. The van der Waals surface area contributed by atoms with Gasteiger partial charge in [-0.1, -0.05) is 55.0 Å². The summed E-state index contributed by atoms with van der Waals surface area (Å²) in [7, 11) is 3.60. The molecule has 2 aliphatic heterocycles. The Balaban J connectivity index is 1.63. The van der Waals surface area contributed by atoms with Crippen molar-refractivity contribution in [2.45, 2.75) is 49.7 Å². The highest BCUT2D eigenvalue weighted by Gasteiger charge is 2.49. The van der Waals surface area contributed by atoms with Crippen LogP contribution in [0.3, 0.4) is 0 Å². The maximum Gasteiger partial charge on any atom is 0.349 e. The van der Waals surface area contributed by atoms with E-state index in [0.29, 0.717) is 11.8 Å². The summed E-state index contributed by atoms with van der Waals surface area (Å²) in [6.45, 7) is 6.73. The van der Waals surface area contributed by atoms with Crippen molar-refractivity contribution >= 4 is 17.9 Å². The quantitative estimate of drug-likeness (QED) is 0.305. The lowest BCUT2D eigenvalue weighted by atomic mass is 10.1. The first-order valence-corrected chi connectivity index (χ1v) is 13.1. The van der Waals surface area contributed by atoms with E-state index in [2.05, 4.69) is 17.9 Å². The molecular weight excluding hydrogens is 486 g/mol. The zero-order valence-corrected chi connectivity index (χ0v) is 22.0. The molecule has 2 fully saturated rings. The van der Waals surface area contributed by atoms with Gasteiger partial charge in [-0.25, -0.2) is 0 Å². The Hall–Kier alpha value is -2.20. The van der Waals surface area contributed by atoms with Crippen LogP contribution >= 0.6 is 11.9 Å². The SMILES string of the molecule is C=C/C=C(\C=C/C)C(F)(F)C(=O)N1CC(OC)C(Oc2cccc(CSN(C)C3CCOCC3)c2)C1. The number of carbonyl (C=O) groups excluding carboxylic acids is 1. The van der Waals surface area contributed by atoms with Crippen LogP contribution in [0.25, 0.3) is 0 Å². The Bertz CT molecular complexity index is 949. The van der Waals surface area contributed by atoms with Gasteiger partial charge < -0.3 is 19.1 Å². The van der Waals surface area contributed by atoms with E-state index in [1.54, 1.807) is 18.9 Å². The number of nitrogens with zero attached hydrogens (tertiary/aromatic N) is 2. The molecule has 1 amide bonds. The van der Waals surface area contributed by atoms with E-state index >= 15 is 0 Å². The third kappa shape index (κ3) is 7.18. The van der Waals surface area contributed by atoms with Gasteiger partial charge in [0.1, 0.15) is 18.0 Å². The Labute approximate surface area is 217 Å². The molecule has 0 bridgehead atoms. The van der Waals surface area contributed by atoms with Gasteiger partial charge in [0.05, 0.1) is 13.1 Å². The van der Waals surface area contributed by atoms with Gasteiger partial charge >= 0.3 is 5.92 Å². The van der Waals surface area contributed by atoms with Crippen LogP contribution < -0.4 is 4.74 Å². The minimum absolute atomic E-state index is 0.00953. The minimum atomic E-state index is -3.68. The summed E-state index contributed by atoms with van der Waals surface area (Å²) < 4.78 is 49.3. The predicted octanol–water partition coefficient (Wildman–Crippen LogP) is 4.87. The first-order valence-electron chi connectivity index (χ1n) is 12.1. The van der Waals surface area contributed by atoms with Gasteiger partial charge in [-0.3, -0.25) is 9.10 Å². The standard InChI is InChI=1S/C27H36F2N2O4S/c1-5-8-21(9-6-2)27(28,29)26(32)31-17-24(33-4)25(18-31)35-23-11-7-10-20(16-23)19-36-30(3)22-12-14-34-15-13-22/h5-11,16,22,24-25H,1,12-15,17-19H2,2-4H3/b9-6-,21-8+. The maximum atomic E-state index is 15.0. The van der Waals surface area contributed by atoms with Crippen LogP contribution in [0.15, 0.2) is 60.7 Å². The van der Waals surface area contributed by atoms with Gasteiger partial charge in [-0.2, -0.15) is 8.78 Å². The van der Waals surface area contributed by atoms with Crippen molar-refractivity contribution in [3.63, 3.8) is 0 Å². The van der Waals surface area contributed by atoms with E-state index in [9.17, 15) is 13.6 Å². The summed E-state index contributed by atoms with van der Waals surface area (Å²) in [4.78, 5) is 13.9. The van der Waals surface area contributed by atoms with Crippen molar-refractivity contribution in [2.75, 3.05) is 40.5 Å². The van der Waals surface area contributed by atoms with Gasteiger partial charge in [0.25, 0.3) is 5.91 Å². The molecule has 0 aromatic heterocycles. The fourth-order valence-electron chi connectivity index (χ4n) is 4.36. The lowest BCUT2D eigenvalue weighted by Gasteiger charge is -2.30. The highest BCUT2D eigenvalue weighted by Crippen LogP contribution is 2.31. The highest BCUT2D eigenvalue weighted by molar-refractivity contribution is 7.96. The van der Waals surface area contributed by atoms with Crippen LogP contribution in [0.5, 0.6) is 5.75 Å². The summed E-state index contributed by atoms with van der Waals surface area (Å²) in [6.07, 6.45) is 6.07.